The third-order valence-electron chi connectivity index (χ3n) is 7.25. The van der Waals surface area contributed by atoms with E-state index in [0.717, 1.165) is 12.1 Å². The number of rotatable bonds is 8. The van der Waals surface area contributed by atoms with Gasteiger partial charge in [-0.2, -0.15) is 0 Å². The summed E-state index contributed by atoms with van der Waals surface area (Å²) in [6.07, 6.45) is 3.32. The number of anilines is 2. The van der Waals surface area contributed by atoms with E-state index >= 15 is 0 Å². The number of amides is 3. The highest BCUT2D eigenvalue weighted by Crippen LogP contribution is 2.34. The minimum Gasteiger partial charge on any atom is -0.488 e. The molecule has 5 rings (SSSR count). The zero-order valence-electron chi connectivity index (χ0n) is 23.4. The number of nitrogens with zero attached hydrogens (tertiary/aromatic N) is 3. The first-order valence-electron chi connectivity index (χ1n) is 13.6. The van der Waals surface area contributed by atoms with Crippen LogP contribution in [-0.4, -0.2) is 77.5 Å². The van der Waals surface area contributed by atoms with Crippen LogP contribution in [0.15, 0.2) is 60.9 Å². The van der Waals surface area contributed by atoms with Gasteiger partial charge in [0.25, 0.3) is 5.91 Å². The van der Waals surface area contributed by atoms with Crippen molar-refractivity contribution in [3.8, 4) is 17.2 Å². The SMILES string of the molecule is C[C@H](CO)N1C[C@H](C)[C@H](CN(C)Cc2ccncc2)Oc2ccc(NC(=O)Nc3ccc4c(c3)OCO4)cc2C1=O. The summed E-state index contributed by atoms with van der Waals surface area (Å²) in [4.78, 5) is 34.4. The number of urea groups is 1. The Kier molecular flexibility index (Phi) is 8.55. The van der Waals surface area contributed by atoms with Crippen LogP contribution in [0.3, 0.4) is 0 Å². The molecule has 3 atom stereocenters. The molecular formula is C30H35N5O6. The number of carbonyl (C=O) groups is 2. The van der Waals surface area contributed by atoms with E-state index in [9.17, 15) is 14.7 Å². The number of aliphatic hydroxyl groups is 1. The minimum atomic E-state index is -0.479. The number of aromatic nitrogens is 1. The van der Waals surface area contributed by atoms with Crippen molar-refractivity contribution < 1.29 is 28.9 Å². The third kappa shape index (κ3) is 6.69. The molecule has 0 bridgehead atoms. The van der Waals surface area contributed by atoms with Gasteiger partial charge in [0.05, 0.1) is 18.2 Å². The lowest BCUT2D eigenvalue weighted by Crippen LogP contribution is -2.49. The Morgan fingerprint density at radius 1 is 1.07 bits per heavy atom. The van der Waals surface area contributed by atoms with Crippen LogP contribution >= 0.6 is 0 Å². The fourth-order valence-corrected chi connectivity index (χ4v) is 4.96. The van der Waals surface area contributed by atoms with Crippen molar-refractivity contribution in [2.45, 2.75) is 32.5 Å². The summed E-state index contributed by atoms with van der Waals surface area (Å²) in [6.45, 7) is 5.60. The predicted molar refractivity (Wildman–Crippen MR) is 153 cm³/mol. The van der Waals surface area contributed by atoms with Crippen LogP contribution in [0.2, 0.25) is 0 Å². The molecule has 2 aliphatic heterocycles. The first-order chi connectivity index (χ1) is 19.8. The lowest BCUT2D eigenvalue weighted by atomic mass is 9.99. The average molecular weight is 562 g/mol. The summed E-state index contributed by atoms with van der Waals surface area (Å²) in [5.74, 6) is 1.33. The second kappa shape index (κ2) is 12.4. The summed E-state index contributed by atoms with van der Waals surface area (Å²) >= 11 is 0. The van der Waals surface area contributed by atoms with E-state index in [2.05, 4.69) is 27.4 Å². The van der Waals surface area contributed by atoms with E-state index in [1.54, 1.807) is 53.7 Å². The molecule has 0 radical (unpaired) electrons. The molecule has 0 spiro atoms. The van der Waals surface area contributed by atoms with Crippen LogP contribution in [0.1, 0.15) is 29.8 Å². The molecule has 3 amide bonds. The number of ether oxygens (including phenoxy) is 3. The monoisotopic (exact) mass is 561 g/mol. The molecule has 216 valence electrons. The van der Waals surface area contributed by atoms with E-state index < -0.39 is 12.1 Å². The molecule has 11 heteroatoms. The number of likely N-dealkylation sites (N-methyl/N-ethyl adjacent to an activating group) is 1. The van der Waals surface area contributed by atoms with Gasteiger partial charge in [-0.05, 0) is 62.0 Å². The molecule has 2 aromatic carbocycles. The van der Waals surface area contributed by atoms with E-state index in [0.29, 0.717) is 47.3 Å². The highest BCUT2D eigenvalue weighted by atomic mass is 16.7. The smallest absolute Gasteiger partial charge is 0.323 e. The van der Waals surface area contributed by atoms with Crippen LogP contribution in [0.25, 0.3) is 0 Å². The standard InChI is InChI=1S/C30H35N5O6/c1-19-14-35(20(2)17-36)29(37)24-12-22(32-30(38)33-23-5-7-26-27(13-23)40-18-39-26)4-6-25(24)41-28(19)16-34(3)15-21-8-10-31-11-9-21/h4-13,19-20,28,36H,14-18H2,1-3H3,(H2,32,33,38)/t19-,20+,28-/m0/s1. The number of pyridine rings is 1. The quantitative estimate of drug-likeness (QED) is 0.379. The number of nitrogens with one attached hydrogen (secondary N) is 2. The largest absolute Gasteiger partial charge is 0.488 e. The summed E-state index contributed by atoms with van der Waals surface area (Å²) in [5.41, 5.74) is 2.42. The Hall–Kier alpha value is -4.35. The first-order valence-corrected chi connectivity index (χ1v) is 13.6. The van der Waals surface area contributed by atoms with Crippen molar-refractivity contribution in [2.24, 2.45) is 5.92 Å². The summed E-state index contributed by atoms with van der Waals surface area (Å²) in [5, 5.41) is 15.5. The van der Waals surface area contributed by atoms with Gasteiger partial charge in [0.15, 0.2) is 11.5 Å². The van der Waals surface area contributed by atoms with Crippen LogP contribution in [0, 0.1) is 5.92 Å². The van der Waals surface area contributed by atoms with Crippen molar-refractivity contribution in [3.05, 3.63) is 72.1 Å². The van der Waals surface area contributed by atoms with Gasteiger partial charge in [-0.1, -0.05) is 6.92 Å². The second-order valence-corrected chi connectivity index (χ2v) is 10.5. The second-order valence-electron chi connectivity index (χ2n) is 10.5. The molecule has 11 nitrogen and oxygen atoms in total. The molecular weight excluding hydrogens is 526 g/mol. The number of benzene rings is 2. The maximum absolute atomic E-state index is 13.7. The Balaban J connectivity index is 1.34. The molecule has 0 fully saturated rings. The van der Waals surface area contributed by atoms with Gasteiger partial charge < -0.3 is 34.9 Å². The van der Waals surface area contributed by atoms with Gasteiger partial charge in [-0.3, -0.25) is 14.7 Å². The van der Waals surface area contributed by atoms with Crippen molar-refractivity contribution in [2.75, 3.05) is 44.2 Å². The van der Waals surface area contributed by atoms with Crippen molar-refractivity contribution in [1.82, 2.24) is 14.8 Å². The van der Waals surface area contributed by atoms with Crippen LogP contribution < -0.4 is 24.8 Å². The highest BCUT2D eigenvalue weighted by Gasteiger charge is 2.33. The number of carbonyl (C=O) groups excluding carboxylic acids is 2. The van der Waals surface area contributed by atoms with Crippen molar-refractivity contribution in [1.29, 1.82) is 0 Å². The first kappa shape index (κ1) is 28.2. The van der Waals surface area contributed by atoms with Crippen molar-refractivity contribution >= 4 is 23.3 Å². The Labute approximate surface area is 239 Å². The molecule has 0 unspecified atom stereocenters. The Morgan fingerprint density at radius 2 is 1.76 bits per heavy atom. The van der Waals surface area contributed by atoms with Gasteiger partial charge in [0, 0.05) is 55.4 Å². The van der Waals surface area contributed by atoms with Gasteiger partial charge in [-0.25, -0.2) is 4.79 Å². The highest BCUT2D eigenvalue weighted by molar-refractivity contribution is 6.02. The van der Waals surface area contributed by atoms with Gasteiger partial charge in [0.1, 0.15) is 11.9 Å². The molecule has 0 saturated heterocycles. The van der Waals surface area contributed by atoms with E-state index in [1.165, 1.54) is 0 Å². The fourth-order valence-electron chi connectivity index (χ4n) is 4.96. The van der Waals surface area contributed by atoms with Gasteiger partial charge in [-0.15, -0.1) is 0 Å². The average Bonchev–Trinajstić information content (AvgIpc) is 3.43. The maximum atomic E-state index is 13.7. The number of hydrogen-bond acceptors (Lipinski definition) is 8. The molecule has 3 aromatic rings. The van der Waals surface area contributed by atoms with E-state index in [-0.39, 0.29) is 31.3 Å². The fraction of sp³-hybridized carbons (Fsp3) is 0.367. The van der Waals surface area contributed by atoms with E-state index in [4.69, 9.17) is 14.2 Å². The minimum absolute atomic E-state index is 0.00808. The number of aliphatic hydroxyl groups excluding tert-OH is 1. The molecule has 0 saturated carbocycles. The molecule has 0 aliphatic carbocycles. The Morgan fingerprint density at radius 3 is 2.49 bits per heavy atom. The van der Waals surface area contributed by atoms with E-state index in [1.807, 2.05) is 26.1 Å². The van der Waals surface area contributed by atoms with Crippen molar-refractivity contribution in [3.63, 3.8) is 0 Å². The van der Waals surface area contributed by atoms with Gasteiger partial charge in [0.2, 0.25) is 6.79 Å². The normalized spacial score (nSPS) is 18.7. The number of hydrogen-bond donors (Lipinski definition) is 3. The molecule has 2 aliphatic rings. The van der Waals surface area contributed by atoms with Crippen LogP contribution in [-0.2, 0) is 6.54 Å². The lowest BCUT2D eigenvalue weighted by molar-refractivity contribution is 0.0341. The predicted octanol–water partition coefficient (Wildman–Crippen LogP) is 3.81. The number of fused-ring (bicyclic) bond motifs is 2. The summed E-state index contributed by atoms with van der Waals surface area (Å²) in [6, 6.07) is 13.2. The maximum Gasteiger partial charge on any atom is 0.323 e. The lowest BCUT2D eigenvalue weighted by Gasteiger charge is -2.38. The Bertz CT molecular complexity index is 1390. The molecule has 3 N–H and O–H groups in total. The van der Waals surface area contributed by atoms with Crippen LogP contribution in [0.4, 0.5) is 16.2 Å². The van der Waals surface area contributed by atoms with Gasteiger partial charge >= 0.3 is 6.03 Å². The third-order valence-corrected chi connectivity index (χ3v) is 7.25. The zero-order chi connectivity index (χ0) is 28.9. The summed E-state index contributed by atoms with van der Waals surface area (Å²) < 4.78 is 17.2. The van der Waals surface area contributed by atoms with Crippen LogP contribution in [0.5, 0.6) is 17.2 Å². The molecule has 3 heterocycles. The summed E-state index contributed by atoms with van der Waals surface area (Å²) in [7, 11) is 2.03. The molecule has 41 heavy (non-hydrogen) atoms. The molecule has 1 aromatic heterocycles. The zero-order valence-corrected chi connectivity index (χ0v) is 23.4. The topological polar surface area (TPSA) is 125 Å².